The van der Waals surface area contributed by atoms with Crippen molar-refractivity contribution >= 4 is 5.91 Å². The van der Waals surface area contributed by atoms with Gasteiger partial charge in [-0.2, -0.15) is 0 Å². The fourth-order valence-corrected chi connectivity index (χ4v) is 1.46. The number of carbonyl (C=O) groups excluding carboxylic acids is 1. The van der Waals surface area contributed by atoms with Gasteiger partial charge in [0, 0.05) is 18.1 Å². The van der Waals surface area contributed by atoms with Gasteiger partial charge in [-0.05, 0) is 47.7 Å². The summed E-state index contributed by atoms with van der Waals surface area (Å²) in [5.74, 6) is 0.420. The van der Waals surface area contributed by atoms with Crippen molar-refractivity contribution in [1.82, 2.24) is 10.2 Å². The lowest BCUT2D eigenvalue weighted by Gasteiger charge is -2.39. The van der Waals surface area contributed by atoms with Crippen molar-refractivity contribution in [2.24, 2.45) is 17.1 Å². The number of rotatable bonds is 6. The summed E-state index contributed by atoms with van der Waals surface area (Å²) in [4.78, 5) is 14.5. The largest absolute Gasteiger partial charge is 0.351 e. The van der Waals surface area contributed by atoms with Crippen LogP contribution in [0.3, 0.4) is 0 Å². The molecular formula is C14H31N3O. The van der Waals surface area contributed by atoms with Gasteiger partial charge in [-0.3, -0.25) is 4.79 Å². The Balaban J connectivity index is 4.81. The summed E-state index contributed by atoms with van der Waals surface area (Å²) in [5, 5.41) is 3.13. The van der Waals surface area contributed by atoms with E-state index < -0.39 is 11.0 Å². The van der Waals surface area contributed by atoms with Crippen LogP contribution in [-0.2, 0) is 4.79 Å². The summed E-state index contributed by atoms with van der Waals surface area (Å²) in [5.41, 5.74) is 4.96. The lowest BCUT2D eigenvalue weighted by Crippen LogP contribution is -2.58. The van der Waals surface area contributed by atoms with Gasteiger partial charge in [-0.25, -0.2) is 0 Å². The van der Waals surface area contributed by atoms with Crippen molar-refractivity contribution in [3.8, 4) is 0 Å². The average Bonchev–Trinajstić information content (AvgIpc) is 2.13. The van der Waals surface area contributed by atoms with Crippen LogP contribution in [0.25, 0.3) is 0 Å². The molecule has 1 amide bonds. The third-order valence-electron chi connectivity index (χ3n) is 3.86. The molecule has 3 N–H and O–H groups in total. The first-order chi connectivity index (χ1) is 7.89. The van der Waals surface area contributed by atoms with Gasteiger partial charge in [-0.15, -0.1) is 0 Å². The molecule has 1 atom stereocenters. The van der Waals surface area contributed by atoms with Crippen LogP contribution in [0.15, 0.2) is 0 Å². The highest BCUT2D eigenvalue weighted by Gasteiger charge is 2.41. The van der Waals surface area contributed by atoms with Gasteiger partial charge in [0.2, 0.25) is 5.91 Å². The molecule has 0 rings (SSSR count). The number of likely N-dealkylation sites (N-methyl/N-ethyl adjacent to an activating group) is 1. The lowest BCUT2D eigenvalue weighted by atomic mass is 9.74. The molecular weight excluding hydrogens is 226 g/mol. The molecule has 0 aromatic carbocycles. The van der Waals surface area contributed by atoms with Crippen molar-refractivity contribution in [1.29, 1.82) is 0 Å². The normalized spacial score (nSPS) is 15.1. The average molecular weight is 257 g/mol. The van der Waals surface area contributed by atoms with Crippen molar-refractivity contribution < 1.29 is 4.79 Å². The Hall–Kier alpha value is -0.610. The van der Waals surface area contributed by atoms with Crippen LogP contribution < -0.4 is 11.1 Å². The van der Waals surface area contributed by atoms with Crippen molar-refractivity contribution in [3.05, 3.63) is 0 Å². The van der Waals surface area contributed by atoms with Gasteiger partial charge in [0.05, 0.1) is 5.41 Å². The van der Waals surface area contributed by atoms with E-state index in [1.165, 1.54) is 0 Å². The summed E-state index contributed by atoms with van der Waals surface area (Å²) in [6.45, 7) is 12.7. The lowest BCUT2D eigenvalue weighted by molar-refractivity contribution is -0.133. The van der Waals surface area contributed by atoms with Crippen LogP contribution in [-0.4, -0.2) is 43.0 Å². The summed E-state index contributed by atoms with van der Waals surface area (Å²) in [6, 6.07) is 0.147. The first kappa shape index (κ1) is 17.4. The molecule has 0 aliphatic rings. The van der Waals surface area contributed by atoms with Gasteiger partial charge in [0.25, 0.3) is 0 Å². The number of nitrogens with two attached hydrogens (primary N) is 1. The molecule has 4 heteroatoms. The fraction of sp³-hybridized carbons (Fsp3) is 0.929. The standard InChI is InChI=1S/C14H31N3O/c1-10(2)11(9-17(7)8)16-12(18)13(3,4)14(5,6)15/h10-11H,9,15H2,1-8H3,(H,16,18). The van der Waals surface area contributed by atoms with Gasteiger partial charge >= 0.3 is 0 Å². The molecule has 4 nitrogen and oxygen atoms in total. The van der Waals surface area contributed by atoms with Crippen LogP contribution in [0, 0.1) is 11.3 Å². The van der Waals surface area contributed by atoms with E-state index in [4.69, 9.17) is 5.73 Å². The minimum atomic E-state index is -0.591. The second kappa shape index (κ2) is 6.02. The van der Waals surface area contributed by atoms with Gasteiger partial charge in [0.15, 0.2) is 0 Å². The molecule has 0 saturated carbocycles. The van der Waals surface area contributed by atoms with E-state index in [0.29, 0.717) is 5.92 Å². The van der Waals surface area contributed by atoms with Crippen LogP contribution in [0.5, 0.6) is 0 Å². The molecule has 1 unspecified atom stereocenters. The molecule has 0 aromatic rings. The molecule has 18 heavy (non-hydrogen) atoms. The quantitative estimate of drug-likeness (QED) is 0.757. The van der Waals surface area contributed by atoms with Crippen molar-refractivity contribution in [2.45, 2.75) is 53.1 Å². The van der Waals surface area contributed by atoms with E-state index in [1.54, 1.807) is 0 Å². The smallest absolute Gasteiger partial charge is 0.227 e. The van der Waals surface area contributed by atoms with E-state index in [0.717, 1.165) is 6.54 Å². The minimum Gasteiger partial charge on any atom is -0.351 e. The van der Waals surface area contributed by atoms with Gasteiger partial charge in [0.1, 0.15) is 0 Å². The molecule has 0 bridgehead atoms. The maximum Gasteiger partial charge on any atom is 0.227 e. The Bertz CT molecular complexity index is 277. The monoisotopic (exact) mass is 257 g/mol. The maximum atomic E-state index is 12.4. The molecule has 108 valence electrons. The zero-order valence-electron chi connectivity index (χ0n) is 13.3. The summed E-state index contributed by atoms with van der Waals surface area (Å²) < 4.78 is 0. The molecule has 0 aliphatic carbocycles. The third-order valence-corrected chi connectivity index (χ3v) is 3.86. The van der Waals surface area contributed by atoms with Crippen LogP contribution in [0.4, 0.5) is 0 Å². The Labute approximate surface area is 112 Å². The molecule has 0 radical (unpaired) electrons. The SMILES string of the molecule is CC(C)C(CN(C)C)NC(=O)C(C)(C)C(C)(C)N. The highest BCUT2D eigenvalue weighted by molar-refractivity contribution is 5.83. The van der Waals surface area contributed by atoms with Crippen LogP contribution >= 0.6 is 0 Å². The molecule has 0 heterocycles. The third kappa shape index (κ3) is 4.58. The van der Waals surface area contributed by atoms with E-state index in [2.05, 4.69) is 24.1 Å². The number of hydrogen-bond donors (Lipinski definition) is 2. The molecule has 0 saturated heterocycles. The van der Waals surface area contributed by atoms with Gasteiger partial charge in [-0.1, -0.05) is 13.8 Å². The summed E-state index contributed by atoms with van der Waals surface area (Å²) >= 11 is 0. The number of amides is 1. The minimum absolute atomic E-state index is 0.0237. The zero-order chi connectivity index (χ0) is 14.7. The Morgan fingerprint density at radius 1 is 1.22 bits per heavy atom. The number of hydrogen-bond acceptors (Lipinski definition) is 3. The molecule has 0 fully saturated rings. The highest BCUT2D eigenvalue weighted by atomic mass is 16.2. The Morgan fingerprint density at radius 3 is 1.94 bits per heavy atom. The van der Waals surface area contributed by atoms with Crippen LogP contribution in [0.1, 0.15) is 41.5 Å². The van der Waals surface area contributed by atoms with Gasteiger partial charge < -0.3 is 16.0 Å². The van der Waals surface area contributed by atoms with E-state index in [-0.39, 0.29) is 11.9 Å². The topological polar surface area (TPSA) is 58.4 Å². The van der Waals surface area contributed by atoms with Crippen molar-refractivity contribution in [2.75, 3.05) is 20.6 Å². The van der Waals surface area contributed by atoms with E-state index in [1.807, 2.05) is 41.8 Å². The highest BCUT2D eigenvalue weighted by Crippen LogP contribution is 2.28. The molecule has 0 aliphatic heterocycles. The predicted molar refractivity (Wildman–Crippen MR) is 77.4 cm³/mol. The molecule has 0 aromatic heterocycles. The number of nitrogens with one attached hydrogen (secondary N) is 1. The molecule has 0 spiro atoms. The Morgan fingerprint density at radius 2 is 1.67 bits per heavy atom. The summed E-state index contributed by atoms with van der Waals surface area (Å²) in [7, 11) is 4.03. The van der Waals surface area contributed by atoms with E-state index in [9.17, 15) is 4.79 Å². The maximum absolute atomic E-state index is 12.4. The number of carbonyl (C=O) groups is 1. The zero-order valence-corrected chi connectivity index (χ0v) is 13.3. The second-order valence-electron chi connectivity index (χ2n) is 6.93. The number of nitrogens with zero attached hydrogens (tertiary/aromatic N) is 1. The predicted octanol–water partition coefficient (Wildman–Crippen LogP) is 1.45. The van der Waals surface area contributed by atoms with Crippen molar-refractivity contribution in [3.63, 3.8) is 0 Å². The fourth-order valence-electron chi connectivity index (χ4n) is 1.46. The Kier molecular flexibility index (Phi) is 5.82. The van der Waals surface area contributed by atoms with E-state index >= 15 is 0 Å². The first-order valence-corrected chi connectivity index (χ1v) is 6.64. The van der Waals surface area contributed by atoms with Crippen LogP contribution in [0.2, 0.25) is 0 Å². The second-order valence-corrected chi connectivity index (χ2v) is 6.93. The summed E-state index contributed by atoms with van der Waals surface area (Å²) in [6.07, 6.45) is 0. The first-order valence-electron chi connectivity index (χ1n) is 6.64.